The van der Waals surface area contributed by atoms with E-state index in [2.05, 4.69) is 22.5 Å². The first kappa shape index (κ1) is 14.7. The maximum atomic E-state index is 11.6. The number of morpholine rings is 1. The summed E-state index contributed by atoms with van der Waals surface area (Å²) in [4.78, 5) is 13.9. The second kappa shape index (κ2) is 6.61. The highest BCUT2D eigenvalue weighted by Crippen LogP contribution is 2.20. The summed E-state index contributed by atoms with van der Waals surface area (Å²) in [6.45, 7) is 8.52. The van der Waals surface area contributed by atoms with E-state index >= 15 is 0 Å². The topological polar surface area (TPSA) is 53.6 Å². The molecule has 1 atom stereocenters. The van der Waals surface area contributed by atoms with Gasteiger partial charge in [-0.2, -0.15) is 0 Å². The zero-order valence-electron chi connectivity index (χ0n) is 12.3. The summed E-state index contributed by atoms with van der Waals surface area (Å²) in [6, 6.07) is 7.87. The molecule has 1 saturated heterocycles. The highest BCUT2D eigenvalue weighted by molar-refractivity contribution is 5.89. The number of carbonyl (C=O) groups is 1. The van der Waals surface area contributed by atoms with Crippen molar-refractivity contribution in [1.82, 2.24) is 5.32 Å². The number of hydrogen-bond donors (Lipinski definition) is 2. The SMILES string of the molecule is CC(C)NC(=O)Nc1ccc(N2CCO[C@H](C)C2)cc1. The van der Waals surface area contributed by atoms with Crippen molar-refractivity contribution in [2.45, 2.75) is 32.9 Å². The van der Waals surface area contributed by atoms with Crippen molar-refractivity contribution in [3.63, 3.8) is 0 Å². The molecular weight excluding hydrogens is 254 g/mol. The van der Waals surface area contributed by atoms with Gasteiger partial charge in [0.25, 0.3) is 0 Å². The second-order valence-corrected chi connectivity index (χ2v) is 5.43. The van der Waals surface area contributed by atoms with E-state index < -0.39 is 0 Å². The Kier molecular flexibility index (Phi) is 4.84. The lowest BCUT2D eigenvalue weighted by molar-refractivity contribution is 0.0532. The van der Waals surface area contributed by atoms with Crippen molar-refractivity contribution in [2.75, 3.05) is 29.9 Å². The monoisotopic (exact) mass is 277 g/mol. The van der Waals surface area contributed by atoms with E-state index in [1.54, 1.807) is 0 Å². The average molecular weight is 277 g/mol. The molecule has 0 bridgehead atoms. The molecule has 0 spiro atoms. The summed E-state index contributed by atoms with van der Waals surface area (Å²) in [5.74, 6) is 0. The van der Waals surface area contributed by atoms with Gasteiger partial charge < -0.3 is 20.3 Å². The van der Waals surface area contributed by atoms with Crippen molar-refractivity contribution in [1.29, 1.82) is 0 Å². The molecule has 5 nitrogen and oxygen atoms in total. The fourth-order valence-electron chi connectivity index (χ4n) is 2.24. The molecule has 2 amide bonds. The fourth-order valence-corrected chi connectivity index (χ4v) is 2.24. The first-order chi connectivity index (χ1) is 9.54. The highest BCUT2D eigenvalue weighted by atomic mass is 16.5. The molecular formula is C15H23N3O2. The van der Waals surface area contributed by atoms with Crippen LogP contribution in [-0.2, 0) is 4.74 Å². The summed E-state index contributed by atoms with van der Waals surface area (Å²) < 4.78 is 5.54. The number of benzene rings is 1. The number of nitrogens with one attached hydrogen (secondary N) is 2. The van der Waals surface area contributed by atoms with E-state index in [9.17, 15) is 4.79 Å². The van der Waals surface area contributed by atoms with E-state index in [1.807, 2.05) is 38.1 Å². The van der Waals surface area contributed by atoms with Gasteiger partial charge in [-0.25, -0.2) is 4.79 Å². The third kappa shape index (κ3) is 4.13. The third-order valence-corrected chi connectivity index (χ3v) is 3.15. The van der Waals surface area contributed by atoms with Gasteiger partial charge in [-0.15, -0.1) is 0 Å². The predicted molar refractivity (Wildman–Crippen MR) is 81.4 cm³/mol. The number of urea groups is 1. The van der Waals surface area contributed by atoms with E-state index in [-0.39, 0.29) is 18.2 Å². The molecule has 2 N–H and O–H groups in total. The van der Waals surface area contributed by atoms with Crippen LogP contribution in [0.4, 0.5) is 16.2 Å². The summed E-state index contributed by atoms with van der Waals surface area (Å²) in [5.41, 5.74) is 1.96. The molecule has 5 heteroatoms. The van der Waals surface area contributed by atoms with Crippen LogP contribution in [0.3, 0.4) is 0 Å². The summed E-state index contributed by atoms with van der Waals surface area (Å²) in [7, 11) is 0. The zero-order valence-corrected chi connectivity index (χ0v) is 12.3. The highest BCUT2D eigenvalue weighted by Gasteiger charge is 2.16. The molecule has 1 heterocycles. The third-order valence-electron chi connectivity index (χ3n) is 3.15. The Morgan fingerprint density at radius 1 is 1.35 bits per heavy atom. The molecule has 0 radical (unpaired) electrons. The van der Waals surface area contributed by atoms with Gasteiger partial charge in [0.05, 0.1) is 12.7 Å². The van der Waals surface area contributed by atoms with Crippen molar-refractivity contribution in [3.8, 4) is 0 Å². The Morgan fingerprint density at radius 2 is 2.05 bits per heavy atom. The van der Waals surface area contributed by atoms with Crippen LogP contribution in [0.2, 0.25) is 0 Å². The van der Waals surface area contributed by atoms with E-state index in [4.69, 9.17) is 4.74 Å². The standard InChI is InChI=1S/C15H23N3O2/c1-11(2)16-15(19)17-13-4-6-14(7-5-13)18-8-9-20-12(3)10-18/h4-7,11-12H,8-10H2,1-3H3,(H2,16,17,19)/t12-/m1/s1. The van der Waals surface area contributed by atoms with E-state index in [0.29, 0.717) is 0 Å². The molecule has 0 aliphatic carbocycles. The number of rotatable bonds is 3. The first-order valence-corrected chi connectivity index (χ1v) is 7.08. The Hall–Kier alpha value is -1.75. The number of amides is 2. The Morgan fingerprint density at radius 3 is 2.65 bits per heavy atom. The largest absolute Gasteiger partial charge is 0.375 e. The molecule has 20 heavy (non-hydrogen) atoms. The lowest BCUT2D eigenvalue weighted by Gasteiger charge is -2.33. The predicted octanol–water partition coefficient (Wildman–Crippen LogP) is 2.44. The second-order valence-electron chi connectivity index (χ2n) is 5.43. The van der Waals surface area contributed by atoms with Crippen molar-refractivity contribution in [3.05, 3.63) is 24.3 Å². The number of carbonyl (C=O) groups excluding carboxylic acids is 1. The molecule has 1 aliphatic heterocycles. The number of ether oxygens (including phenoxy) is 1. The molecule has 1 aromatic rings. The maximum Gasteiger partial charge on any atom is 0.319 e. The van der Waals surface area contributed by atoms with Crippen LogP contribution in [0, 0.1) is 0 Å². The maximum absolute atomic E-state index is 11.6. The van der Waals surface area contributed by atoms with Gasteiger partial charge in [0.15, 0.2) is 0 Å². The zero-order chi connectivity index (χ0) is 14.5. The number of anilines is 2. The number of hydrogen-bond acceptors (Lipinski definition) is 3. The van der Waals surface area contributed by atoms with Crippen LogP contribution in [0.25, 0.3) is 0 Å². The van der Waals surface area contributed by atoms with Gasteiger partial charge >= 0.3 is 6.03 Å². The fraction of sp³-hybridized carbons (Fsp3) is 0.533. The van der Waals surface area contributed by atoms with E-state index in [1.165, 1.54) is 0 Å². The lowest BCUT2D eigenvalue weighted by Crippen LogP contribution is -2.41. The molecule has 0 saturated carbocycles. The molecule has 1 fully saturated rings. The van der Waals surface area contributed by atoms with Crippen molar-refractivity contribution >= 4 is 17.4 Å². The van der Waals surface area contributed by atoms with Crippen LogP contribution in [-0.4, -0.2) is 37.9 Å². The van der Waals surface area contributed by atoms with Crippen LogP contribution in [0.1, 0.15) is 20.8 Å². The summed E-state index contributed by atoms with van der Waals surface area (Å²) in [6.07, 6.45) is 0.262. The van der Waals surface area contributed by atoms with Crippen LogP contribution < -0.4 is 15.5 Å². The van der Waals surface area contributed by atoms with Crippen LogP contribution in [0.15, 0.2) is 24.3 Å². The molecule has 1 aromatic carbocycles. The molecule has 2 rings (SSSR count). The first-order valence-electron chi connectivity index (χ1n) is 7.08. The lowest BCUT2D eigenvalue weighted by atomic mass is 10.2. The number of nitrogens with zero attached hydrogens (tertiary/aromatic N) is 1. The molecule has 0 unspecified atom stereocenters. The van der Waals surface area contributed by atoms with Gasteiger partial charge in [-0.3, -0.25) is 0 Å². The molecule has 0 aromatic heterocycles. The minimum atomic E-state index is -0.173. The molecule has 110 valence electrons. The minimum absolute atomic E-state index is 0.129. The normalized spacial score (nSPS) is 19.0. The Balaban J connectivity index is 1.94. The Labute approximate surface area is 120 Å². The van der Waals surface area contributed by atoms with E-state index in [0.717, 1.165) is 31.1 Å². The summed E-state index contributed by atoms with van der Waals surface area (Å²) >= 11 is 0. The van der Waals surface area contributed by atoms with Crippen molar-refractivity contribution in [2.24, 2.45) is 0 Å². The smallest absolute Gasteiger partial charge is 0.319 e. The average Bonchev–Trinajstić information content (AvgIpc) is 2.38. The van der Waals surface area contributed by atoms with Gasteiger partial charge in [0.2, 0.25) is 0 Å². The van der Waals surface area contributed by atoms with Gasteiger partial charge in [-0.1, -0.05) is 0 Å². The van der Waals surface area contributed by atoms with Crippen LogP contribution >= 0.6 is 0 Å². The Bertz CT molecular complexity index is 445. The summed E-state index contributed by atoms with van der Waals surface area (Å²) in [5, 5.41) is 5.62. The quantitative estimate of drug-likeness (QED) is 0.892. The van der Waals surface area contributed by atoms with Gasteiger partial charge in [0, 0.05) is 30.5 Å². The molecule has 1 aliphatic rings. The van der Waals surface area contributed by atoms with Gasteiger partial charge in [-0.05, 0) is 45.0 Å². The van der Waals surface area contributed by atoms with Crippen molar-refractivity contribution < 1.29 is 9.53 Å². The van der Waals surface area contributed by atoms with Crippen LogP contribution in [0.5, 0.6) is 0 Å². The minimum Gasteiger partial charge on any atom is -0.375 e. The van der Waals surface area contributed by atoms with Gasteiger partial charge in [0.1, 0.15) is 0 Å².